The highest BCUT2D eigenvalue weighted by atomic mass is 16.8. The molecule has 0 aliphatic carbocycles. The number of hydrogen-bond acceptors (Lipinski definition) is 5. The molecule has 0 saturated carbocycles. The number of Topliss-reactive ketones (excluding diaryl/α,β-unsaturated/α-hetero) is 1. The molecule has 1 saturated heterocycles. The van der Waals surface area contributed by atoms with Crippen molar-refractivity contribution >= 4 is 28.5 Å². The van der Waals surface area contributed by atoms with Crippen LogP contribution in [0.1, 0.15) is 73.7 Å². The minimum absolute atomic E-state index is 0.144. The second-order valence-electron chi connectivity index (χ2n) is 8.84. The van der Waals surface area contributed by atoms with Gasteiger partial charge in [-0.15, -0.1) is 0 Å². The van der Waals surface area contributed by atoms with Gasteiger partial charge in [-0.1, -0.05) is 31.0 Å². The van der Waals surface area contributed by atoms with Crippen molar-refractivity contribution in [2.75, 3.05) is 13.2 Å². The Morgan fingerprint density at radius 2 is 1.97 bits per heavy atom. The number of unbranched alkanes of at least 4 members (excludes halogenated alkanes) is 3. The van der Waals surface area contributed by atoms with Crippen LogP contribution in [0.25, 0.3) is 10.9 Å². The van der Waals surface area contributed by atoms with Crippen LogP contribution in [0.2, 0.25) is 0 Å². The molecule has 0 bridgehead atoms. The number of carbonyl (C=O) groups excluding carboxylic acids is 3. The maximum atomic E-state index is 12.7. The van der Waals surface area contributed by atoms with E-state index in [1.807, 2.05) is 18.3 Å². The van der Waals surface area contributed by atoms with Gasteiger partial charge in [0.05, 0.1) is 11.1 Å². The summed E-state index contributed by atoms with van der Waals surface area (Å²) < 4.78 is 7.50. The Bertz CT molecular complexity index is 993. The van der Waals surface area contributed by atoms with E-state index in [-0.39, 0.29) is 12.2 Å². The average Bonchev–Trinajstić information content (AvgIpc) is 3.23. The number of hydroxylamine groups is 1. The molecule has 178 valence electrons. The predicted molar refractivity (Wildman–Crippen MR) is 124 cm³/mol. The quantitative estimate of drug-likeness (QED) is 0.234. The maximum absolute atomic E-state index is 12.7. The van der Waals surface area contributed by atoms with Gasteiger partial charge in [0.25, 0.3) is 11.7 Å². The third-order valence-electron chi connectivity index (χ3n) is 6.34. The van der Waals surface area contributed by atoms with E-state index in [1.165, 1.54) is 5.56 Å². The fourth-order valence-electron chi connectivity index (χ4n) is 4.59. The summed E-state index contributed by atoms with van der Waals surface area (Å²) in [6, 6.07) is 5.97. The summed E-state index contributed by atoms with van der Waals surface area (Å²) in [6.07, 6.45) is 10.1. The number of hydrogen-bond donors (Lipinski definition) is 2. The fourth-order valence-corrected chi connectivity index (χ4v) is 4.59. The molecular formula is C25H33N3O5. The molecular weight excluding hydrogens is 422 g/mol. The topological polar surface area (TPSA) is 98.7 Å². The Morgan fingerprint density at radius 3 is 2.82 bits per heavy atom. The van der Waals surface area contributed by atoms with Crippen LogP contribution in [0.3, 0.4) is 0 Å². The highest BCUT2D eigenvalue weighted by Crippen LogP contribution is 2.29. The van der Waals surface area contributed by atoms with Gasteiger partial charge in [-0.2, -0.15) is 0 Å². The summed E-state index contributed by atoms with van der Waals surface area (Å²) in [5.74, 6) is -1.18. The number of nitrogens with one attached hydrogen (secondary N) is 2. The molecule has 0 radical (unpaired) electrons. The normalized spacial score (nSPS) is 17.6. The first kappa shape index (κ1) is 23.4. The molecule has 1 fully saturated rings. The zero-order valence-corrected chi connectivity index (χ0v) is 19.1. The van der Waals surface area contributed by atoms with Crippen molar-refractivity contribution in [1.29, 1.82) is 0 Å². The molecule has 2 aliphatic heterocycles. The lowest BCUT2D eigenvalue weighted by atomic mass is 10.0. The predicted octanol–water partition coefficient (Wildman–Crippen LogP) is 3.41. The van der Waals surface area contributed by atoms with Gasteiger partial charge in [0.15, 0.2) is 6.29 Å². The number of aryl methyl sites for hydroxylation is 2. The zero-order valence-electron chi connectivity index (χ0n) is 19.1. The molecule has 1 aromatic heterocycles. The number of aromatic nitrogens is 1. The molecule has 1 aromatic carbocycles. The van der Waals surface area contributed by atoms with E-state index in [2.05, 4.69) is 21.4 Å². The van der Waals surface area contributed by atoms with Crippen LogP contribution in [-0.4, -0.2) is 41.6 Å². The molecule has 1 atom stereocenters. The van der Waals surface area contributed by atoms with Gasteiger partial charge in [0.1, 0.15) is 0 Å². The van der Waals surface area contributed by atoms with Crippen molar-refractivity contribution in [2.45, 2.75) is 77.0 Å². The van der Waals surface area contributed by atoms with Crippen molar-refractivity contribution in [3.63, 3.8) is 0 Å². The number of nitrogens with zero attached hydrogens (tertiary/aromatic N) is 1. The molecule has 33 heavy (non-hydrogen) atoms. The minimum Gasteiger partial charge on any atom is -0.350 e. The molecule has 2 aliphatic rings. The second kappa shape index (κ2) is 11.4. The van der Waals surface area contributed by atoms with Crippen LogP contribution in [0, 0.1) is 0 Å². The standard InChI is InChI=1S/C25H33N3O5/c29-21(27-33-22-13-4-6-16-32-22)12-3-1-2-5-14-26-25(31)24(30)20-17-28-15-8-10-18-9-7-11-19(20)23(18)28/h7,9,11,17,22H,1-6,8,10,12-16H2,(H,26,31)(H,27,29). The molecule has 4 rings (SSSR count). The first-order valence-corrected chi connectivity index (χ1v) is 12.1. The van der Waals surface area contributed by atoms with E-state index in [0.29, 0.717) is 25.1 Å². The fraction of sp³-hybridized carbons (Fsp3) is 0.560. The molecule has 2 N–H and O–H groups in total. The van der Waals surface area contributed by atoms with Crippen LogP contribution in [0.15, 0.2) is 24.4 Å². The lowest BCUT2D eigenvalue weighted by Crippen LogP contribution is -2.33. The Hall–Kier alpha value is -2.71. The van der Waals surface area contributed by atoms with Crippen LogP contribution in [-0.2, 0) is 32.1 Å². The Balaban J connectivity index is 1.12. The van der Waals surface area contributed by atoms with Crippen LogP contribution in [0.4, 0.5) is 0 Å². The summed E-state index contributed by atoms with van der Waals surface area (Å²) in [4.78, 5) is 42.3. The van der Waals surface area contributed by atoms with Crippen LogP contribution >= 0.6 is 0 Å². The Labute approximate surface area is 193 Å². The van der Waals surface area contributed by atoms with E-state index < -0.39 is 11.7 Å². The summed E-state index contributed by atoms with van der Waals surface area (Å²) in [6.45, 7) is 2.00. The lowest BCUT2D eigenvalue weighted by Gasteiger charge is -2.22. The summed E-state index contributed by atoms with van der Waals surface area (Å²) in [5, 5.41) is 3.61. The Morgan fingerprint density at radius 1 is 1.09 bits per heavy atom. The number of ketones is 1. The van der Waals surface area contributed by atoms with E-state index >= 15 is 0 Å². The summed E-state index contributed by atoms with van der Waals surface area (Å²) >= 11 is 0. The summed E-state index contributed by atoms with van der Waals surface area (Å²) in [7, 11) is 0. The molecule has 8 nitrogen and oxygen atoms in total. The largest absolute Gasteiger partial charge is 0.350 e. The van der Waals surface area contributed by atoms with Crippen molar-refractivity contribution in [3.8, 4) is 0 Å². The third kappa shape index (κ3) is 6.00. The lowest BCUT2D eigenvalue weighted by molar-refractivity contribution is -0.200. The number of rotatable bonds is 11. The Kier molecular flexibility index (Phi) is 8.12. The zero-order chi connectivity index (χ0) is 23.0. The van der Waals surface area contributed by atoms with E-state index in [4.69, 9.17) is 9.57 Å². The summed E-state index contributed by atoms with van der Waals surface area (Å²) in [5.41, 5.74) is 5.27. The van der Waals surface area contributed by atoms with Crippen LogP contribution < -0.4 is 10.8 Å². The number of amides is 2. The molecule has 8 heteroatoms. The highest BCUT2D eigenvalue weighted by molar-refractivity contribution is 6.45. The first-order chi connectivity index (χ1) is 16.1. The molecule has 0 spiro atoms. The first-order valence-electron chi connectivity index (χ1n) is 12.1. The van der Waals surface area contributed by atoms with Crippen LogP contribution in [0.5, 0.6) is 0 Å². The third-order valence-corrected chi connectivity index (χ3v) is 6.34. The second-order valence-corrected chi connectivity index (χ2v) is 8.84. The van der Waals surface area contributed by atoms with Gasteiger partial charge in [-0.3, -0.25) is 14.4 Å². The van der Waals surface area contributed by atoms with Gasteiger partial charge in [-0.25, -0.2) is 10.3 Å². The SMILES string of the molecule is O=C(CCCCCCNC(=O)C(=O)c1cn2c3c(cccc13)CCC2)NOC1CCCCO1. The molecule has 2 amide bonds. The number of ether oxygens (including phenoxy) is 1. The maximum Gasteiger partial charge on any atom is 0.292 e. The van der Waals surface area contributed by atoms with Gasteiger partial charge in [0.2, 0.25) is 5.91 Å². The van der Waals surface area contributed by atoms with Crippen molar-refractivity contribution in [2.24, 2.45) is 0 Å². The van der Waals surface area contributed by atoms with E-state index in [9.17, 15) is 14.4 Å². The minimum atomic E-state index is -0.555. The van der Waals surface area contributed by atoms with Crippen molar-refractivity contribution in [3.05, 3.63) is 35.5 Å². The molecule has 3 heterocycles. The average molecular weight is 456 g/mol. The number of para-hydroxylation sites is 1. The molecule has 2 aromatic rings. The van der Waals surface area contributed by atoms with Gasteiger partial charge in [0, 0.05) is 44.1 Å². The number of carbonyl (C=O) groups is 3. The van der Waals surface area contributed by atoms with E-state index in [1.54, 1.807) is 0 Å². The van der Waals surface area contributed by atoms with Crippen molar-refractivity contribution in [1.82, 2.24) is 15.4 Å². The van der Waals surface area contributed by atoms with Gasteiger partial charge >= 0.3 is 0 Å². The highest BCUT2D eigenvalue weighted by Gasteiger charge is 2.23. The molecule has 1 unspecified atom stereocenters. The monoisotopic (exact) mass is 455 g/mol. The van der Waals surface area contributed by atoms with Crippen molar-refractivity contribution < 1.29 is 24.0 Å². The smallest absolute Gasteiger partial charge is 0.292 e. The van der Waals surface area contributed by atoms with Gasteiger partial charge in [-0.05, 0) is 44.1 Å². The number of benzene rings is 1. The van der Waals surface area contributed by atoms with E-state index in [0.717, 1.165) is 75.2 Å². The van der Waals surface area contributed by atoms with Gasteiger partial charge < -0.3 is 14.6 Å².